The molecule has 1 aromatic heterocycles. The highest BCUT2D eigenvalue weighted by Crippen LogP contribution is 2.32. The molecule has 6 nitrogen and oxygen atoms in total. The van der Waals surface area contributed by atoms with Crippen LogP contribution in [-0.4, -0.2) is 17.6 Å². The molecule has 1 amide bonds. The lowest BCUT2D eigenvalue weighted by molar-refractivity contribution is -0.114. The molecule has 2 aliphatic heterocycles. The van der Waals surface area contributed by atoms with Gasteiger partial charge < -0.3 is 9.15 Å². The van der Waals surface area contributed by atoms with Gasteiger partial charge in [-0.2, -0.15) is 10.1 Å². The average Bonchev–Trinajstić information content (AvgIpc) is 3.45. The van der Waals surface area contributed by atoms with Gasteiger partial charge in [0.05, 0.1) is 22.5 Å². The minimum atomic E-state index is -0.328. The fourth-order valence-electron chi connectivity index (χ4n) is 3.67. The van der Waals surface area contributed by atoms with Gasteiger partial charge in [0.25, 0.3) is 5.91 Å². The van der Waals surface area contributed by atoms with E-state index in [1.807, 2.05) is 25.1 Å². The normalized spacial score (nSPS) is 16.7. The van der Waals surface area contributed by atoms with Crippen LogP contribution in [0.5, 0.6) is 0 Å². The van der Waals surface area contributed by atoms with Crippen molar-refractivity contribution in [2.75, 3.05) is 5.01 Å². The van der Waals surface area contributed by atoms with Gasteiger partial charge in [0.15, 0.2) is 0 Å². The van der Waals surface area contributed by atoms with E-state index < -0.39 is 0 Å². The topological polar surface area (TPSA) is 72.1 Å². The Hall–Kier alpha value is -3.64. The summed E-state index contributed by atoms with van der Waals surface area (Å²) >= 11 is 6.20. The van der Waals surface area contributed by atoms with Crippen molar-refractivity contribution in [2.24, 2.45) is 5.10 Å². The van der Waals surface area contributed by atoms with E-state index in [1.54, 1.807) is 43.3 Å². The summed E-state index contributed by atoms with van der Waals surface area (Å²) in [5.41, 5.74) is 4.64. The second-order valence-electron chi connectivity index (χ2n) is 7.39. The maximum atomic E-state index is 13.0. The maximum Gasteiger partial charge on any atom is 0.338 e. The number of rotatable bonds is 3. The van der Waals surface area contributed by atoms with Crippen LogP contribution in [0.25, 0.3) is 17.4 Å². The van der Waals surface area contributed by atoms with E-state index in [4.69, 9.17) is 20.8 Å². The Morgan fingerprint density at radius 2 is 1.94 bits per heavy atom. The van der Waals surface area contributed by atoms with Crippen molar-refractivity contribution in [2.45, 2.75) is 20.5 Å². The summed E-state index contributed by atoms with van der Waals surface area (Å²) in [7, 11) is 0. The first kappa shape index (κ1) is 19.3. The Labute approximate surface area is 183 Å². The van der Waals surface area contributed by atoms with Gasteiger partial charge >= 0.3 is 5.97 Å². The zero-order chi connectivity index (χ0) is 21.7. The largest absolute Gasteiger partial charge is 0.457 e. The minimum absolute atomic E-state index is 0.249. The van der Waals surface area contributed by atoms with Crippen molar-refractivity contribution >= 4 is 41.0 Å². The number of furan rings is 1. The SMILES string of the molecule is CC1=NN(c2cccc(Cl)c2C)C(=O)C1=Cc1ccc(-c2ccc3c(c2)C(=O)OC3)o1. The summed E-state index contributed by atoms with van der Waals surface area (Å²) in [5.74, 6) is 0.532. The second kappa shape index (κ2) is 7.25. The van der Waals surface area contributed by atoms with Crippen molar-refractivity contribution in [1.29, 1.82) is 0 Å². The van der Waals surface area contributed by atoms with Gasteiger partial charge in [-0.1, -0.05) is 29.8 Å². The predicted molar refractivity (Wildman–Crippen MR) is 118 cm³/mol. The van der Waals surface area contributed by atoms with Crippen molar-refractivity contribution in [3.8, 4) is 11.3 Å². The van der Waals surface area contributed by atoms with E-state index in [1.165, 1.54) is 5.01 Å². The number of hydrogen-bond acceptors (Lipinski definition) is 5. The highest BCUT2D eigenvalue weighted by atomic mass is 35.5. The van der Waals surface area contributed by atoms with Crippen LogP contribution in [0.1, 0.15) is 34.2 Å². The fraction of sp³-hybridized carbons (Fsp3) is 0.125. The number of amides is 1. The summed E-state index contributed by atoms with van der Waals surface area (Å²) in [5, 5.41) is 6.35. The number of cyclic esters (lactones) is 1. The summed E-state index contributed by atoms with van der Waals surface area (Å²) in [6.07, 6.45) is 1.67. The zero-order valence-corrected chi connectivity index (χ0v) is 17.6. The summed E-state index contributed by atoms with van der Waals surface area (Å²) in [6.45, 7) is 3.93. The van der Waals surface area contributed by atoms with E-state index >= 15 is 0 Å². The molecule has 154 valence electrons. The maximum absolute atomic E-state index is 13.0. The van der Waals surface area contributed by atoms with E-state index in [2.05, 4.69) is 5.10 Å². The van der Waals surface area contributed by atoms with E-state index in [-0.39, 0.29) is 11.9 Å². The summed E-state index contributed by atoms with van der Waals surface area (Å²) < 4.78 is 11.0. The molecule has 5 rings (SSSR count). The second-order valence-corrected chi connectivity index (χ2v) is 7.80. The number of nitrogens with zero attached hydrogens (tertiary/aromatic N) is 2. The number of halogens is 1. The summed E-state index contributed by atoms with van der Waals surface area (Å²) in [6, 6.07) is 14.5. The van der Waals surface area contributed by atoms with Gasteiger partial charge in [0.2, 0.25) is 0 Å². The Bertz CT molecular complexity index is 1320. The number of anilines is 1. The third kappa shape index (κ3) is 3.25. The average molecular weight is 433 g/mol. The van der Waals surface area contributed by atoms with Crippen LogP contribution in [0.2, 0.25) is 5.02 Å². The van der Waals surface area contributed by atoms with Crippen LogP contribution in [0, 0.1) is 6.92 Å². The van der Waals surface area contributed by atoms with Crippen LogP contribution in [0.15, 0.2) is 63.6 Å². The molecule has 0 N–H and O–H groups in total. The molecule has 0 atom stereocenters. The van der Waals surface area contributed by atoms with E-state index in [0.29, 0.717) is 45.7 Å². The van der Waals surface area contributed by atoms with Crippen LogP contribution in [-0.2, 0) is 16.1 Å². The van der Waals surface area contributed by atoms with Crippen LogP contribution in [0.4, 0.5) is 5.69 Å². The molecule has 0 unspecified atom stereocenters. The zero-order valence-electron chi connectivity index (χ0n) is 16.8. The number of ether oxygens (including phenoxy) is 1. The van der Waals surface area contributed by atoms with Gasteiger partial charge in [-0.05, 0) is 55.8 Å². The molecule has 0 fully saturated rings. The first-order valence-electron chi connectivity index (χ1n) is 9.69. The van der Waals surface area contributed by atoms with Crippen molar-refractivity contribution in [3.63, 3.8) is 0 Å². The molecule has 3 aromatic rings. The Morgan fingerprint density at radius 3 is 2.77 bits per heavy atom. The fourth-order valence-corrected chi connectivity index (χ4v) is 3.84. The molecule has 2 aromatic carbocycles. The van der Waals surface area contributed by atoms with Gasteiger partial charge in [-0.3, -0.25) is 4.79 Å². The van der Waals surface area contributed by atoms with Gasteiger partial charge in [-0.25, -0.2) is 4.79 Å². The van der Waals surface area contributed by atoms with E-state index in [9.17, 15) is 9.59 Å². The van der Waals surface area contributed by atoms with Gasteiger partial charge in [0, 0.05) is 16.1 Å². The number of carbonyl (C=O) groups excluding carboxylic acids is 2. The Kier molecular flexibility index (Phi) is 4.52. The number of benzene rings is 2. The number of fused-ring (bicyclic) bond motifs is 1. The first-order valence-corrected chi connectivity index (χ1v) is 10.1. The van der Waals surface area contributed by atoms with Crippen LogP contribution < -0.4 is 5.01 Å². The molecule has 7 heteroatoms. The third-order valence-corrected chi connectivity index (χ3v) is 5.83. The van der Waals surface area contributed by atoms with Gasteiger partial charge in [-0.15, -0.1) is 0 Å². The molecular formula is C24H17ClN2O4. The number of carbonyl (C=O) groups is 2. The summed E-state index contributed by atoms with van der Waals surface area (Å²) in [4.78, 5) is 24.9. The molecule has 31 heavy (non-hydrogen) atoms. The lowest BCUT2D eigenvalue weighted by Crippen LogP contribution is -2.22. The van der Waals surface area contributed by atoms with Crippen LogP contribution >= 0.6 is 11.6 Å². The minimum Gasteiger partial charge on any atom is -0.457 e. The molecule has 0 saturated heterocycles. The van der Waals surface area contributed by atoms with Crippen molar-refractivity contribution in [1.82, 2.24) is 0 Å². The van der Waals surface area contributed by atoms with Crippen LogP contribution in [0.3, 0.4) is 0 Å². The van der Waals surface area contributed by atoms with Crippen molar-refractivity contribution < 1.29 is 18.7 Å². The molecule has 3 heterocycles. The van der Waals surface area contributed by atoms with Crippen molar-refractivity contribution in [3.05, 3.63) is 81.6 Å². The molecule has 0 radical (unpaired) electrons. The monoisotopic (exact) mass is 432 g/mol. The smallest absolute Gasteiger partial charge is 0.338 e. The molecule has 0 spiro atoms. The standard InChI is InChI=1S/C24H17ClN2O4/c1-13-20(25)4-3-5-21(13)27-23(28)18(14(2)26-27)11-17-8-9-22(31-17)15-6-7-16-12-30-24(29)19(16)10-15/h3-11H,12H2,1-2H3. The highest BCUT2D eigenvalue weighted by molar-refractivity contribution is 6.34. The number of hydrogen-bond donors (Lipinski definition) is 0. The molecule has 0 aliphatic carbocycles. The Balaban J connectivity index is 1.45. The number of hydrazone groups is 1. The Morgan fingerprint density at radius 1 is 1.10 bits per heavy atom. The quantitative estimate of drug-likeness (QED) is 0.411. The first-order chi connectivity index (χ1) is 14.9. The molecular weight excluding hydrogens is 416 g/mol. The predicted octanol–water partition coefficient (Wildman–Crippen LogP) is 5.38. The van der Waals surface area contributed by atoms with E-state index in [0.717, 1.165) is 16.7 Å². The van der Waals surface area contributed by atoms with Gasteiger partial charge in [0.1, 0.15) is 18.1 Å². The molecule has 2 aliphatic rings. The molecule has 0 saturated carbocycles. The third-order valence-electron chi connectivity index (χ3n) is 5.42. The lowest BCUT2D eigenvalue weighted by Gasteiger charge is -2.15. The number of esters is 1. The molecule has 0 bridgehead atoms. The highest BCUT2D eigenvalue weighted by Gasteiger charge is 2.30. The lowest BCUT2D eigenvalue weighted by atomic mass is 10.0.